The summed E-state index contributed by atoms with van der Waals surface area (Å²) in [5.74, 6) is 6.52. The summed E-state index contributed by atoms with van der Waals surface area (Å²) in [6.45, 7) is 0.180. The topological polar surface area (TPSA) is 111 Å². The van der Waals surface area contributed by atoms with Gasteiger partial charge < -0.3 is 25.3 Å². The summed E-state index contributed by atoms with van der Waals surface area (Å²) in [5.41, 5.74) is 6.00. The average Bonchev–Trinajstić information content (AvgIpc) is 3.24. The molecule has 2 aromatic rings. The van der Waals surface area contributed by atoms with E-state index < -0.39 is 17.6 Å². The molecule has 7 heteroatoms. The lowest BCUT2D eigenvalue weighted by atomic mass is 10.0. The van der Waals surface area contributed by atoms with Crippen LogP contribution >= 0.6 is 0 Å². The first-order valence-corrected chi connectivity index (χ1v) is 9.02. The molecule has 1 aromatic heterocycles. The second-order valence-electron chi connectivity index (χ2n) is 7.09. The van der Waals surface area contributed by atoms with Gasteiger partial charge in [0.05, 0.1) is 18.7 Å². The minimum atomic E-state index is -0.914. The van der Waals surface area contributed by atoms with E-state index in [-0.39, 0.29) is 12.3 Å². The molecule has 1 atom stereocenters. The van der Waals surface area contributed by atoms with Crippen molar-refractivity contribution in [2.45, 2.75) is 43.9 Å². The Morgan fingerprint density at radius 2 is 2.19 bits per heavy atom. The Kier molecular flexibility index (Phi) is 4.38. The van der Waals surface area contributed by atoms with Crippen molar-refractivity contribution in [2.75, 3.05) is 6.61 Å². The number of primary amides is 1. The van der Waals surface area contributed by atoms with Gasteiger partial charge in [0.2, 0.25) is 0 Å². The standard InChI is InChI=1S/C20H21N3O4/c21-18(25)16-11-23-10-14(12-24)27-17-4-3-13(9-15(17)19(23)22-16)5-8-20(26)6-1-2-7-20/h3-4,9,11,14,24,26H,1-2,6-7,10,12H2,(H2,21,25)/t14-/m1/s1. The normalized spacial score (nSPS) is 19.9. The highest BCUT2D eigenvalue weighted by Gasteiger charge is 2.29. The van der Waals surface area contributed by atoms with Gasteiger partial charge in [-0.15, -0.1) is 0 Å². The van der Waals surface area contributed by atoms with Crippen molar-refractivity contribution in [1.29, 1.82) is 0 Å². The van der Waals surface area contributed by atoms with Crippen LogP contribution in [0.15, 0.2) is 24.4 Å². The molecule has 2 aliphatic rings. The van der Waals surface area contributed by atoms with Crippen molar-refractivity contribution in [3.63, 3.8) is 0 Å². The largest absolute Gasteiger partial charge is 0.485 e. The van der Waals surface area contributed by atoms with Gasteiger partial charge in [0.1, 0.15) is 29.0 Å². The molecule has 0 unspecified atom stereocenters. The molecule has 1 aliphatic heterocycles. The highest BCUT2D eigenvalue weighted by atomic mass is 16.5. The first-order chi connectivity index (χ1) is 13.0. The number of benzene rings is 1. The van der Waals surface area contributed by atoms with Crippen LogP contribution in [0, 0.1) is 11.8 Å². The zero-order valence-electron chi connectivity index (χ0n) is 14.8. The van der Waals surface area contributed by atoms with Gasteiger partial charge in [0, 0.05) is 11.8 Å². The lowest BCUT2D eigenvalue weighted by Gasteiger charge is -2.15. The molecule has 1 amide bonds. The number of amides is 1. The van der Waals surface area contributed by atoms with E-state index in [2.05, 4.69) is 16.8 Å². The third kappa shape index (κ3) is 3.42. The van der Waals surface area contributed by atoms with Crippen LogP contribution in [0.5, 0.6) is 5.75 Å². The lowest BCUT2D eigenvalue weighted by molar-refractivity contribution is 0.0992. The summed E-state index contributed by atoms with van der Waals surface area (Å²) in [4.78, 5) is 15.9. The highest BCUT2D eigenvalue weighted by Crippen LogP contribution is 2.34. The van der Waals surface area contributed by atoms with Crippen molar-refractivity contribution in [2.24, 2.45) is 5.73 Å². The van der Waals surface area contributed by atoms with E-state index in [0.717, 1.165) is 18.4 Å². The predicted molar refractivity (Wildman–Crippen MR) is 98.0 cm³/mol. The van der Waals surface area contributed by atoms with Crippen molar-refractivity contribution in [3.8, 4) is 29.0 Å². The number of fused-ring (bicyclic) bond motifs is 3. The number of nitrogens with zero attached hydrogens (tertiary/aromatic N) is 2. The monoisotopic (exact) mass is 367 g/mol. The van der Waals surface area contributed by atoms with Gasteiger partial charge in [0.15, 0.2) is 0 Å². The van der Waals surface area contributed by atoms with Crippen LogP contribution in [0.25, 0.3) is 11.4 Å². The fraction of sp³-hybridized carbons (Fsp3) is 0.400. The SMILES string of the molecule is NC(=O)c1cn2c(n1)-c1cc(C#CC3(O)CCCC3)ccc1O[C@@H](CO)C2. The minimum Gasteiger partial charge on any atom is -0.485 e. The second kappa shape index (κ2) is 6.72. The number of carbonyl (C=O) groups is 1. The number of aliphatic hydroxyl groups is 2. The predicted octanol–water partition coefficient (Wildman–Crippen LogP) is 1.06. The Morgan fingerprint density at radius 3 is 2.89 bits per heavy atom. The number of hydrogen-bond donors (Lipinski definition) is 3. The average molecular weight is 367 g/mol. The molecule has 4 N–H and O–H groups in total. The number of hydrogen-bond acceptors (Lipinski definition) is 5. The first kappa shape index (κ1) is 17.6. The zero-order valence-corrected chi connectivity index (χ0v) is 14.8. The van der Waals surface area contributed by atoms with Crippen LogP contribution in [0.2, 0.25) is 0 Å². The van der Waals surface area contributed by atoms with E-state index in [1.165, 1.54) is 0 Å². The van der Waals surface area contributed by atoms with Crippen molar-refractivity contribution in [3.05, 3.63) is 35.7 Å². The molecule has 1 fully saturated rings. The molecular formula is C20H21N3O4. The molecule has 0 spiro atoms. The minimum absolute atomic E-state index is 0.159. The van der Waals surface area contributed by atoms with Crippen LogP contribution in [0.3, 0.4) is 0 Å². The van der Waals surface area contributed by atoms with Crippen LogP contribution in [0.4, 0.5) is 0 Å². The molecule has 1 aromatic carbocycles. The van der Waals surface area contributed by atoms with E-state index in [4.69, 9.17) is 10.5 Å². The summed E-state index contributed by atoms with van der Waals surface area (Å²) in [5, 5.41) is 20.0. The van der Waals surface area contributed by atoms with Gasteiger partial charge in [-0.2, -0.15) is 0 Å². The van der Waals surface area contributed by atoms with E-state index in [9.17, 15) is 15.0 Å². The molecule has 140 valence electrons. The molecule has 0 radical (unpaired) electrons. The number of nitrogens with two attached hydrogens (primary N) is 1. The fourth-order valence-corrected chi connectivity index (χ4v) is 3.58. The molecule has 0 bridgehead atoms. The molecule has 27 heavy (non-hydrogen) atoms. The van der Waals surface area contributed by atoms with E-state index in [0.29, 0.717) is 36.5 Å². The Morgan fingerprint density at radius 1 is 1.41 bits per heavy atom. The fourth-order valence-electron chi connectivity index (χ4n) is 3.58. The maximum Gasteiger partial charge on any atom is 0.268 e. The number of ether oxygens (including phenoxy) is 1. The quantitative estimate of drug-likeness (QED) is 0.688. The Bertz CT molecular complexity index is 948. The first-order valence-electron chi connectivity index (χ1n) is 9.02. The van der Waals surface area contributed by atoms with Crippen molar-refractivity contribution < 1.29 is 19.7 Å². The van der Waals surface area contributed by atoms with Crippen LogP contribution in [-0.4, -0.2) is 44.0 Å². The summed E-state index contributed by atoms with van der Waals surface area (Å²) < 4.78 is 7.63. The summed E-state index contributed by atoms with van der Waals surface area (Å²) in [6.07, 6.45) is 4.46. The summed E-state index contributed by atoms with van der Waals surface area (Å²) >= 11 is 0. The molecule has 0 saturated heterocycles. The number of carbonyl (C=O) groups excluding carboxylic acids is 1. The Labute approximate surface area is 156 Å². The van der Waals surface area contributed by atoms with Crippen LogP contribution in [0.1, 0.15) is 41.7 Å². The Balaban J connectivity index is 1.77. The van der Waals surface area contributed by atoms with Crippen molar-refractivity contribution >= 4 is 5.91 Å². The highest BCUT2D eigenvalue weighted by molar-refractivity contribution is 5.91. The number of imidazole rings is 1. The van der Waals surface area contributed by atoms with E-state index in [1.54, 1.807) is 16.8 Å². The second-order valence-corrected chi connectivity index (χ2v) is 7.09. The third-order valence-corrected chi connectivity index (χ3v) is 5.02. The number of rotatable bonds is 2. The zero-order chi connectivity index (χ0) is 19.0. The van der Waals surface area contributed by atoms with Gasteiger partial charge in [-0.25, -0.2) is 4.98 Å². The van der Waals surface area contributed by atoms with Gasteiger partial charge in [0.25, 0.3) is 5.91 Å². The van der Waals surface area contributed by atoms with Crippen LogP contribution < -0.4 is 10.5 Å². The lowest BCUT2D eigenvalue weighted by Crippen LogP contribution is -2.25. The van der Waals surface area contributed by atoms with Crippen LogP contribution in [-0.2, 0) is 6.54 Å². The Hall–Kier alpha value is -2.82. The molecule has 1 aliphatic carbocycles. The molecule has 1 saturated carbocycles. The van der Waals surface area contributed by atoms with Gasteiger partial charge in [-0.1, -0.05) is 11.8 Å². The summed E-state index contributed by atoms with van der Waals surface area (Å²) in [7, 11) is 0. The molecule has 7 nitrogen and oxygen atoms in total. The third-order valence-electron chi connectivity index (χ3n) is 5.02. The number of aromatic nitrogens is 2. The van der Waals surface area contributed by atoms with Crippen molar-refractivity contribution in [1.82, 2.24) is 9.55 Å². The van der Waals surface area contributed by atoms with E-state index in [1.807, 2.05) is 12.1 Å². The summed E-state index contributed by atoms with van der Waals surface area (Å²) in [6, 6.07) is 5.41. The maximum atomic E-state index is 11.5. The van der Waals surface area contributed by atoms with Gasteiger partial charge in [-0.05, 0) is 43.9 Å². The van der Waals surface area contributed by atoms with Gasteiger partial charge >= 0.3 is 0 Å². The molecule has 4 rings (SSSR count). The van der Waals surface area contributed by atoms with Gasteiger partial charge in [-0.3, -0.25) is 4.79 Å². The number of aliphatic hydroxyl groups excluding tert-OH is 1. The molecule has 2 heterocycles. The maximum absolute atomic E-state index is 11.5. The molecular weight excluding hydrogens is 346 g/mol. The smallest absolute Gasteiger partial charge is 0.268 e. The van der Waals surface area contributed by atoms with E-state index >= 15 is 0 Å².